The van der Waals surface area contributed by atoms with Crippen molar-refractivity contribution in [1.29, 1.82) is 0 Å². The highest BCUT2D eigenvalue weighted by atomic mass is 35.5. The quantitative estimate of drug-likeness (QED) is 0.205. The highest BCUT2D eigenvalue weighted by Crippen LogP contribution is 2.69. The van der Waals surface area contributed by atoms with Gasteiger partial charge in [0.15, 0.2) is 0 Å². The van der Waals surface area contributed by atoms with E-state index in [1.807, 2.05) is 79.7 Å². The zero-order valence-corrected chi connectivity index (χ0v) is 24.3. The molecule has 1 N–H and O–H groups in total. The fourth-order valence-corrected chi connectivity index (χ4v) is 7.94. The molecule has 1 fully saturated rings. The number of ether oxygens (including phenoxy) is 1. The van der Waals surface area contributed by atoms with Crippen LogP contribution in [0.25, 0.3) is 0 Å². The van der Waals surface area contributed by atoms with Gasteiger partial charge >= 0.3 is 0 Å². The van der Waals surface area contributed by atoms with Crippen LogP contribution >= 0.6 is 23.2 Å². The topological polar surface area (TPSA) is 75.7 Å². The van der Waals surface area contributed by atoms with Crippen molar-refractivity contribution in [3.05, 3.63) is 125 Å². The molecule has 6 nitrogen and oxygen atoms in total. The lowest BCUT2D eigenvalue weighted by molar-refractivity contribution is -0.146. The van der Waals surface area contributed by atoms with Crippen molar-refractivity contribution >= 4 is 46.6 Å². The molecule has 42 heavy (non-hydrogen) atoms. The van der Waals surface area contributed by atoms with Crippen LogP contribution in [0.4, 0.5) is 5.69 Å². The van der Waals surface area contributed by atoms with Crippen molar-refractivity contribution in [2.24, 2.45) is 11.8 Å². The zero-order valence-electron chi connectivity index (χ0n) is 22.8. The third kappa shape index (κ3) is 3.55. The van der Waals surface area contributed by atoms with Crippen LogP contribution in [0.5, 0.6) is 11.5 Å². The van der Waals surface area contributed by atoms with E-state index < -0.39 is 45.3 Å². The zero-order chi connectivity index (χ0) is 29.4. The number of para-hydroxylation sites is 1. The van der Waals surface area contributed by atoms with Crippen molar-refractivity contribution in [2.45, 2.75) is 29.6 Å². The second kappa shape index (κ2) is 9.45. The third-order valence-corrected chi connectivity index (χ3v) is 10.1. The molecule has 2 bridgehead atoms. The molecule has 4 aliphatic rings. The highest BCUT2D eigenvalue weighted by molar-refractivity contribution is 6.36. The minimum Gasteiger partial charge on any atom is -0.457 e. The largest absolute Gasteiger partial charge is 0.457 e. The van der Waals surface area contributed by atoms with E-state index >= 15 is 0 Å². The number of likely N-dealkylation sites (tertiary alicyclic amines) is 1. The average molecular weight is 597 g/mol. The standard InChI is InChI=1S/C34H26Cl2N2O4/c1-19-9-3-8-14-27(19)42-22-17-15-21(16-18-22)37-30(39)20(2)38-31(40)28-29(32(38)41)34(36)24-11-5-4-10-23(24)33(28,35)25-12-6-7-13-26(25)34/h3-18,20,28-29H,1-2H3,(H,37,39)/t20-,28-,29+,33?,34?/m1/s1. The first kappa shape index (κ1) is 26.7. The van der Waals surface area contributed by atoms with Crippen LogP contribution < -0.4 is 10.1 Å². The van der Waals surface area contributed by atoms with Crippen LogP contribution in [0.15, 0.2) is 97.1 Å². The maximum Gasteiger partial charge on any atom is 0.247 e. The minimum atomic E-state index is -1.29. The number of amides is 3. The van der Waals surface area contributed by atoms with E-state index in [0.717, 1.165) is 38.5 Å². The molecular formula is C34H26Cl2N2O4. The van der Waals surface area contributed by atoms with Gasteiger partial charge in [0.1, 0.15) is 27.3 Å². The number of alkyl halides is 2. The fourth-order valence-electron chi connectivity index (χ4n) is 6.84. The number of rotatable bonds is 5. The Kier molecular flexibility index (Phi) is 6.02. The second-order valence-corrected chi connectivity index (χ2v) is 12.3. The van der Waals surface area contributed by atoms with E-state index in [9.17, 15) is 14.4 Å². The van der Waals surface area contributed by atoms with Crippen molar-refractivity contribution in [3.8, 4) is 11.5 Å². The number of hydrogen-bond acceptors (Lipinski definition) is 4. The summed E-state index contributed by atoms with van der Waals surface area (Å²) in [5, 5.41) is 2.83. The Morgan fingerprint density at radius 3 is 1.69 bits per heavy atom. The smallest absolute Gasteiger partial charge is 0.247 e. The molecule has 0 aromatic heterocycles. The molecule has 0 unspecified atom stereocenters. The Balaban J connectivity index is 1.17. The van der Waals surface area contributed by atoms with Gasteiger partial charge in [0.2, 0.25) is 17.7 Å². The van der Waals surface area contributed by atoms with Crippen LogP contribution in [-0.4, -0.2) is 28.7 Å². The van der Waals surface area contributed by atoms with Crippen LogP contribution in [0.2, 0.25) is 0 Å². The normalized spacial score (nSPS) is 25.9. The van der Waals surface area contributed by atoms with Gasteiger partial charge in [-0.25, -0.2) is 0 Å². The number of carbonyl (C=O) groups is 3. The average Bonchev–Trinajstić information content (AvgIpc) is 3.28. The van der Waals surface area contributed by atoms with E-state index in [0.29, 0.717) is 11.4 Å². The lowest BCUT2D eigenvalue weighted by atomic mass is 9.54. The molecule has 0 radical (unpaired) electrons. The summed E-state index contributed by atoms with van der Waals surface area (Å²) in [6.45, 7) is 3.51. The van der Waals surface area contributed by atoms with E-state index in [1.54, 1.807) is 31.2 Å². The minimum absolute atomic E-state index is 0.501. The first-order chi connectivity index (χ1) is 20.2. The molecule has 8 rings (SSSR count). The molecular weight excluding hydrogens is 571 g/mol. The molecule has 0 spiro atoms. The second-order valence-electron chi connectivity index (χ2n) is 11.1. The molecule has 3 aliphatic carbocycles. The summed E-state index contributed by atoms with van der Waals surface area (Å²) in [6, 6.07) is 28.4. The number of nitrogens with zero attached hydrogens (tertiary/aromatic N) is 1. The van der Waals surface area contributed by atoms with Crippen LogP contribution in [0.1, 0.15) is 34.7 Å². The predicted molar refractivity (Wildman–Crippen MR) is 161 cm³/mol. The molecule has 3 atom stereocenters. The summed E-state index contributed by atoms with van der Waals surface area (Å²) in [4.78, 5) is 40.1. The van der Waals surface area contributed by atoms with Crippen molar-refractivity contribution < 1.29 is 19.1 Å². The van der Waals surface area contributed by atoms with Gasteiger partial charge in [0.25, 0.3) is 0 Å². The number of benzene rings is 4. The third-order valence-electron chi connectivity index (χ3n) is 8.83. The molecule has 1 heterocycles. The van der Waals surface area contributed by atoms with E-state index in [2.05, 4.69) is 5.32 Å². The van der Waals surface area contributed by atoms with Gasteiger partial charge in [-0.2, -0.15) is 0 Å². The van der Waals surface area contributed by atoms with Gasteiger partial charge in [0.05, 0.1) is 11.8 Å². The van der Waals surface area contributed by atoms with Gasteiger partial charge in [-0.15, -0.1) is 23.2 Å². The maximum absolute atomic E-state index is 14.1. The fraction of sp³-hybridized carbons (Fsp3) is 0.206. The molecule has 4 aromatic carbocycles. The van der Waals surface area contributed by atoms with Gasteiger partial charge < -0.3 is 10.1 Å². The van der Waals surface area contributed by atoms with E-state index in [-0.39, 0.29) is 0 Å². The molecule has 8 heteroatoms. The maximum atomic E-state index is 14.1. The Morgan fingerprint density at radius 2 is 1.21 bits per heavy atom. The van der Waals surface area contributed by atoms with E-state index in [4.69, 9.17) is 27.9 Å². The van der Waals surface area contributed by atoms with Crippen molar-refractivity contribution in [3.63, 3.8) is 0 Å². The Hall–Kier alpha value is -4.13. The molecule has 1 saturated heterocycles. The number of nitrogens with one attached hydrogen (secondary N) is 1. The van der Waals surface area contributed by atoms with Gasteiger partial charge in [-0.3, -0.25) is 19.3 Å². The molecule has 0 saturated carbocycles. The number of anilines is 1. The van der Waals surface area contributed by atoms with Crippen LogP contribution in [0, 0.1) is 18.8 Å². The van der Waals surface area contributed by atoms with E-state index in [1.165, 1.54) is 0 Å². The Bertz CT molecular complexity index is 1670. The van der Waals surface area contributed by atoms with Crippen LogP contribution in [0.3, 0.4) is 0 Å². The summed E-state index contributed by atoms with van der Waals surface area (Å²) >= 11 is 14.9. The lowest BCUT2D eigenvalue weighted by Gasteiger charge is -2.54. The number of halogens is 2. The molecule has 210 valence electrons. The Morgan fingerprint density at radius 1 is 0.762 bits per heavy atom. The van der Waals surface area contributed by atoms with Crippen molar-refractivity contribution in [2.75, 3.05) is 5.32 Å². The summed E-state index contributed by atoms with van der Waals surface area (Å²) < 4.78 is 5.94. The number of carbonyl (C=O) groups excluding carboxylic acids is 3. The van der Waals surface area contributed by atoms with Gasteiger partial charge in [0, 0.05) is 5.69 Å². The van der Waals surface area contributed by atoms with Crippen molar-refractivity contribution in [1.82, 2.24) is 4.90 Å². The summed E-state index contributed by atoms with van der Waals surface area (Å²) in [7, 11) is 0. The number of aryl methyl sites for hydroxylation is 1. The number of hydrogen-bond donors (Lipinski definition) is 1. The molecule has 3 amide bonds. The number of imide groups is 1. The first-order valence-corrected chi connectivity index (χ1v) is 14.5. The molecule has 4 aromatic rings. The highest BCUT2D eigenvalue weighted by Gasteiger charge is 2.73. The summed E-state index contributed by atoms with van der Waals surface area (Å²) in [6.07, 6.45) is 0. The molecule has 1 aliphatic heterocycles. The summed E-state index contributed by atoms with van der Waals surface area (Å²) in [5.41, 5.74) is 4.37. The predicted octanol–water partition coefficient (Wildman–Crippen LogP) is 6.71. The Labute approximate surface area is 253 Å². The SMILES string of the molecule is Cc1ccccc1Oc1ccc(NC(=O)[C@@H](C)N2C(=O)[C@@H]3[C@H](C2=O)C2(Cl)c4ccccc4C3(Cl)c3ccccc32)cc1. The van der Waals surface area contributed by atoms with Crippen LogP contribution in [-0.2, 0) is 24.1 Å². The lowest BCUT2D eigenvalue weighted by Crippen LogP contribution is -2.57. The summed E-state index contributed by atoms with van der Waals surface area (Å²) in [5.74, 6) is -2.07. The first-order valence-electron chi connectivity index (χ1n) is 13.8. The monoisotopic (exact) mass is 596 g/mol. The van der Waals surface area contributed by atoms with Gasteiger partial charge in [-0.1, -0.05) is 66.7 Å². The van der Waals surface area contributed by atoms with Gasteiger partial charge in [-0.05, 0) is 72.0 Å².